The molecule has 1 heterocycles. The summed E-state index contributed by atoms with van der Waals surface area (Å²) in [4.78, 5) is 2.49. The minimum absolute atomic E-state index is 0.434. The Labute approximate surface area is 80.3 Å². The molecule has 0 saturated carbocycles. The summed E-state index contributed by atoms with van der Waals surface area (Å²) in [6, 6.07) is 0. The van der Waals surface area contributed by atoms with Gasteiger partial charge in [-0.2, -0.15) is 0 Å². The standard InChI is InChI=1S/C7H14NO.2CH3.Al/c1-3-8-4-5-9-7(2)6-8;;;/h7H,2-6H2,1H3;2*1H3;. The van der Waals surface area contributed by atoms with Crippen molar-refractivity contribution < 1.29 is 4.74 Å². The number of ether oxygens (including phenoxy) is 1. The van der Waals surface area contributed by atoms with E-state index < -0.39 is 14.1 Å². The van der Waals surface area contributed by atoms with E-state index in [1.807, 2.05) is 0 Å². The van der Waals surface area contributed by atoms with Crippen molar-refractivity contribution in [1.82, 2.24) is 4.90 Å². The average molecular weight is 185 g/mol. The zero-order valence-corrected chi connectivity index (χ0v) is 9.70. The van der Waals surface area contributed by atoms with Crippen molar-refractivity contribution in [3.8, 4) is 0 Å². The lowest BCUT2D eigenvalue weighted by atomic mass is 10.3. The van der Waals surface area contributed by atoms with Gasteiger partial charge in [-0.1, -0.05) is 12.2 Å². The lowest BCUT2D eigenvalue weighted by Crippen LogP contribution is -2.43. The Hall–Kier alpha value is 0.452. The number of nitrogens with zero attached hydrogens (tertiary/aromatic N) is 1. The third kappa shape index (κ3) is 3.45. The molecule has 1 saturated heterocycles. The fraction of sp³-hybridized carbons (Fsp3) is 1.00. The summed E-state index contributed by atoms with van der Waals surface area (Å²) in [7, 11) is 0. The Morgan fingerprint density at radius 1 is 1.50 bits per heavy atom. The molecule has 0 aliphatic carbocycles. The van der Waals surface area contributed by atoms with Gasteiger partial charge in [-0.15, -0.1) is 11.6 Å². The molecule has 1 rings (SSSR count). The highest BCUT2D eigenvalue weighted by Crippen LogP contribution is 2.10. The molecule has 0 aromatic heterocycles. The highest BCUT2D eigenvalue weighted by molar-refractivity contribution is 6.55. The van der Waals surface area contributed by atoms with E-state index >= 15 is 0 Å². The maximum atomic E-state index is 5.71. The number of hydrogen-bond acceptors (Lipinski definition) is 2. The van der Waals surface area contributed by atoms with Gasteiger partial charge >= 0.3 is 0 Å². The molecule has 0 N–H and O–H groups in total. The van der Waals surface area contributed by atoms with Crippen molar-refractivity contribution in [3.63, 3.8) is 0 Å². The lowest BCUT2D eigenvalue weighted by Gasteiger charge is -2.32. The van der Waals surface area contributed by atoms with Crippen LogP contribution in [0.2, 0.25) is 16.9 Å². The van der Waals surface area contributed by atoms with Crippen molar-refractivity contribution >= 4 is 14.1 Å². The van der Waals surface area contributed by atoms with E-state index in [9.17, 15) is 0 Å². The summed E-state index contributed by atoms with van der Waals surface area (Å²) in [5, 5.41) is 1.34. The molecule has 1 unspecified atom stereocenters. The predicted octanol–water partition coefficient (Wildman–Crippen LogP) is 1.46. The van der Waals surface area contributed by atoms with E-state index in [1.54, 1.807) is 0 Å². The fourth-order valence-electron chi connectivity index (χ4n) is 1.74. The highest BCUT2D eigenvalue weighted by Gasteiger charge is 2.21. The van der Waals surface area contributed by atoms with Gasteiger partial charge < -0.3 is 4.74 Å². The molecule has 0 aromatic rings. The summed E-state index contributed by atoms with van der Waals surface area (Å²) < 4.78 is 5.71. The first kappa shape index (κ1) is 10.5. The van der Waals surface area contributed by atoms with Crippen LogP contribution < -0.4 is 0 Å². The summed E-state index contributed by atoms with van der Waals surface area (Å²) in [5.74, 6) is 4.79. The Morgan fingerprint density at radius 3 is 2.83 bits per heavy atom. The Balaban J connectivity index is 2.25. The van der Waals surface area contributed by atoms with Crippen molar-refractivity contribution in [1.29, 1.82) is 0 Å². The quantitative estimate of drug-likeness (QED) is 0.617. The maximum absolute atomic E-state index is 5.71. The second-order valence-corrected chi connectivity index (χ2v) is 7.27. The van der Waals surface area contributed by atoms with Crippen LogP contribution in [-0.2, 0) is 4.74 Å². The molecule has 0 radical (unpaired) electrons. The third-order valence-electron chi connectivity index (χ3n) is 2.40. The molecule has 0 amide bonds. The average Bonchev–Trinajstić information content (AvgIpc) is 2.03. The molecule has 0 spiro atoms. The normalized spacial score (nSPS) is 25.8. The first-order valence-corrected chi connectivity index (χ1v) is 8.19. The topological polar surface area (TPSA) is 12.5 Å². The van der Waals surface area contributed by atoms with Gasteiger partial charge in [0.1, 0.15) is 0 Å². The molecule has 3 heteroatoms. The van der Waals surface area contributed by atoms with Gasteiger partial charge in [0.25, 0.3) is 14.1 Å². The zero-order chi connectivity index (χ0) is 8.97. The SMILES string of the molecule is CCN1CCOC([CH2][Al]([CH3])[CH3])C1. The van der Waals surface area contributed by atoms with Crippen molar-refractivity contribution in [2.45, 2.75) is 29.9 Å². The molecular formula is C9H20AlNO. The summed E-state index contributed by atoms with van der Waals surface area (Å²) in [6.07, 6.45) is 0.547. The molecule has 2 nitrogen and oxygen atoms in total. The zero-order valence-electron chi connectivity index (χ0n) is 8.55. The van der Waals surface area contributed by atoms with Gasteiger partial charge in [0.2, 0.25) is 0 Å². The van der Waals surface area contributed by atoms with Gasteiger partial charge in [0.05, 0.1) is 12.7 Å². The van der Waals surface area contributed by atoms with E-state index in [1.165, 1.54) is 18.4 Å². The number of rotatable bonds is 3. The third-order valence-corrected chi connectivity index (χ3v) is 3.87. The maximum Gasteiger partial charge on any atom is 0.258 e. The first-order chi connectivity index (χ1) is 5.72. The van der Waals surface area contributed by atoms with Gasteiger partial charge in [-0.3, -0.25) is 4.90 Å². The second kappa shape index (κ2) is 5.24. The number of likely N-dealkylation sites (N-methyl/N-ethyl adjacent to an activating group) is 1. The van der Waals surface area contributed by atoms with E-state index in [-0.39, 0.29) is 0 Å². The van der Waals surface area contributed by atoms with Crippen LogP contribution in [0.4, 0.5) is 0 Å². The molecule has 1 aliphatic rings. The molecule has 0 bridgehead atoms. The first-order valence-electron chi connectivity index (χ1n) is 5.06. The van der Waals surface area contributed by atoms with Crippen LogP contribution in [0.25, 0.3) is 0 Å². The highest BCUT2D eigenvalue weighted by atomic mass is 27.2. The van der Waals surface area contributed by atoms with E-state index in [4.69, 9.17) is 4.74 Å². The van der Waals surface area contributed by atoms with Crippen molar-refractivity contribution in [2.24, 2.45) is 0 Å². The van der Waals surface area contributed by atoms with Crippen LogP contribution in [0.1, 0.15) is 6.92 Å². The Kier molecular flexibility index (Phi) is 4.60. The van der Waals surface area contributed by atoms with Crippen molar-refractivity contribution in [3.05, 3.63) is 0 Å². The van der Waals surface area contributed by atoms with E-state index in [0.29, 0.717) is 6.10 Å². The minimum Gasteiger partial charge on any atom is -0.377 e. The largest absolute Gasteiger partial charge is 0.377 e. The van der Waals surface area contributed by atoms with Crippen LogP contribution in [0, 0.1) is 0 Å². The lowest BCUT2D eigenvalue weighted by molar-refractivity contribution is -0.0164. The van der Waals surface area contributed by atoms with Gasteiger partial charge in [0, 0.05) is 13.1 Å². The van der Waals surface area contributed by atoms with Crippen LogP contribution in [0.15, 0.2) is 0 Å². The van der Waals surface area contributed by atoms with Crippen LogP contribution in [0.3, 0.4) is 0 Å². The molecule has 1 fully saturated rings. The fourth-order valence-corrected chi connectivity index (χ4v) is 3.07. The van der Waals surface area contributed by atoms with Crippen LogP contribution in [0.5, 0.6) is 0 Å². The molecule has 12 heavy (non-hydrogen) atoms. The monoisotopic (exact) mass is 185 g/mol. The second-order valence-electron chi connectivity index (χ2n) is 4.02. The smallest absolute Gasteiger partial charge is 0.258 e. The van der Waals surface area contributed by atoms with E-state index in [2.05, 4.69) is 23.4 Å². The molecular weight excluding hydrogens is 165 g/mol. The Bertz CT molecular complexity index is 130. The minimum atomic E-state index is -0.434. The summed E-state index contributed by atoms with van der Waals surface area (Å²) in [5.41, 5.74) is 0. The summed E-state index contributed by atoms with van der Waals surface area (Å²) >= 11 is -0.434. The molecule has 1 atom stereocenters. The van der Waals surface area contributed by atoms with Gasteiger partial charge in [-0.25, -0.2) is 0 Å². The molecule has 1 aliphatic heterocycles. The van der Waals surface area contributed by atoms with Gasteiger partial charge in [0.15, 0.2) is 0 Å². The van der Waals surface area contributed by atoms with Gasteiger partial charge in [-0.05, 0) is 6.54 Å². The molecule has 70 valence electrons. The Morgan fingerprint density at radius 2 is 2.25 bits per heavy atom. The number of morpholine rings is 1. The van der Waals surface area contributed by atoms with Crippen LogP contribution >= 0.6 is 0 Å². The predicted molar refractivity (Wildman–Crippen MR) is 54.1 cm³/mol. The van der Waals surface area contributed by atoms with E-state index in [0.717, 1.165) is 13.2 Å². The summed E-state index contributed by atoms with van der Waals surface area (Å²) in [6.45, 7) is 6.66. The van der Waals surface area contributed by atoms with Crippen LogP contribution in [-0.4, -0.2) is 51.4 Å². The number of hydrogen-bond donors (Lipinski definition) is 0. The van der Waals surface area contributed by atoms with Crippen molar-refractivity contribution in [2.75, 3.05) is 26.2 Å². The molecule has 0 aromatic carbocycles.